The molecule has 0 aliphatic carbocycles. The fraction of sp³-hybridized carbons (Fsp3) is 0.240. The Labute approximate surface area is 191 Å². The number of hydrogen-bond acceptors (Lipinski definition) is 5. The van der Waals surface area contributed by atoms with Crippen LogP contribution in [0.25, 0.3) is 0 Å². The summed E-state index contributed by atoms with van der Waals surface area (Å²) in [6, 6.07) is 22.6. The van der Waals surface area contributed by atoms with Gasteiger partial charge < -0.3 is 15.1 Å². The summed E-state index contributed by atoms with van der Waals surface area (Å²) in [4.78, 5) is 34.6. The summed E-state index contributed by atoms with van der Waals surface area (Å²) in [6.45, 7) is 0.701. The molecule has 4 rings (SSSR count). The summed E-state index contributed by atoms with van der Waals surface area (Å²) >= 11 is 1.58. The van der Waals surface area contributed by atoms with Crippen LogP contribution in [0.5, 0.6) is 0 Å². The number of amides is 2. The van der Waals surface area contributed by atoms with Crippen molar-refractivity contribution >= 4 is 28.9 Å². The van der Waals surface area contributed by atoms with Crippen LogP contribution in [-0.4, -0.2) is 42.1 Å². The third-order valence-electron chi connectivity index (χ3n) is 5.49. The summed E-state index contributed by atoms with van der Waals surface area (Å²) < 4.78 is 0. The Morgan fingerprint density at radius 1 is 1.06 bits per heavy atom. The van der Waals surface area contributed by atoms with Crippen molar-refractivity contribution in [2.24, 2.45) is 5.16 Å². The summed E-state index contributed by atoms with van der Waals surface area (Å²) in [5, 5.41) is 9.00. The first-order valence-electron chi connectivity index (χ1n) is 10.5. The van der Waals surface area contributed by atoms with Gasteiger partial charge in [-0.2, -0.15) is 0 Å². The quantitative estimate of drug-likeness (QED) is 0.560. The number of thiophene rings is 1. The number of likely N-dealkylation sites (tertiary alicyclic amines) is 1. The average Bonchev–Trinajstić information content (AvgIpc) is 3.50. The lowest BCUT2D eigenvalue weighted by atomic mass is 9.90. The average molecular weight is 448 g/mol. The van der Waals surface area contributed by atoms with Crippen LogP contribution in [-0.2, 0) is 21.0 Å². The highest BCUT2D eigenvalue weighted by Crippen LogP contribution is 2.30. The first-order chi connectivity index (χ1) is 15.7. The maximum Gasteiger partial charge on any atom is 0.243 e. The molecular formula is C25H25N3O3S. The van der Waals surface area contributed by atoms with Crippen molar-refractivity contribution in [1.82, 2.24) is 10.2 Å². The van der Waals surface area contributed by atoms with E-state index in [9.17, 15) is 9.59 Å². The molecule has 1 aliphatic rings. The zero-order valence-corrected chi connectivity index (χ0v) is 18.6. The molecule has 2 amide bonds. The number of rotatable bonds is 7. The summed E-state index contributed by atoms with van der Waals surface area (Å²) in [5.41, 5.74) is 2.45. The minimum Gasteiger partial charge on any atom is -0.399 e. The highest BCUT2D eigenvalue weighted by molar-refractivity contribution is 7.09. The lowest BCUT2D eigenvalue weighted by molar-refractivity contribution is -0.138. The molecule has 7 heteroatoms. The third-order valence-corrected chi connectivity index (χ3v) is 6.37. The molecular weight excluding hydrogens is 422 g/mol. The van der Waals surface area contributed by atoms with E-state index in [4.69, 9.17) is 4.84 Å². The lowest BCUT2D eigenvalue weighted by Gasteiger charge is -2.28. The molecule has 0 spiro atoms. The van der Waals surface area contributed by atoms with Gasteiger partial charge in [-0.25, -0.2) is 0 Å². The molecule has 0 unspecified atom stereocenters. The normalized spacial score (nSPS) is 17.0. The second-order valence-electron chi connectivity index (χ2n) is 7.58. The molecule has 2 heterocycles. The summed E-state index contributed by atoms with van der Waals surface area (Å²) in [6.07, 6.45) is 0.353. The van der Waals surface area contributed by atoms with E-state index in [1.54, 1.807) is 16.2 Å². The Kier molecular flexibility index (Phi) is 6.97. The largest absolute Gasteiger partial charge is 0.399 e. The zero-order chi connectivity index (χ0) is 22.3. The molecule has 0 bridgehead atoms. The van der Waals surface area contributed by atoms with Crippen LogP contribution in [0.2, 0.25) is 0 Å². The SMILES string of the molecule is CO/N=C1/C[C@@H](C(=O)NCc2cccs2)N(C(=O)C(c2ccccc2)c2ccccc2)C1. The van der Waals surface area contributed by atoms with Crippen LogP contribution in [0.1, 0.15) is 28.3 Å². The van der Waals surface area contributed by atoms with Crippen LogP contribution >= 0.6 is 11.3 Å². The Balaban J connectivity index is 1.62. The Bertz CT molecular complexity index is 1030. The smallest absolute Gasteiger partial charge is 0.243 e. The highest BCUT2D eigenvalue weighted by atomic mass is 32.1. The molecule has 2 aromatic carbocycles. The Morgan fingerprint density at radius 2 is 1.72 bits per heavy atom. The van der Waals surface area contributed by atoms with Crippen molar-refractivity contribution < 1.29 is 14.4 Å². The topological polar surface area (TPSA) is 71.0 Å². The summed E-state index contributed by atoms with van der Waals surface area (Å²) in [5.74, 6) is -0.820. The van der Waals surface area contributed by atoms with Gasteiger partial charge in [0.2, 0.25) is 11.8 Å². The number of nitrogens with zero attached hydrogens (tertiary/aromatic N) is 2. The van der Waals surface area contributed by atoms with Gasteiger partial charge in [0.25, 0.3) is 0 Å². The fourth-order valence-corrected chi connectivity index (χ4v) is 4.65. The van der Waals surface area contributed by atoms with E-state index in [1.807, 2.05) is 78.2 Å². The standard InChI is InChI=1S/C25H25N3O3S/c1-31-27-20-15-22(24(29)26-16-21-13-8-14-32-21)28(17-20)25(30)23(18-9-4-2-5-10-18)19-11-6-3-7-12-19/h2-14,22-23H,15-17H2,1H3,(H,26,29)/b27-20-/t22-/m0/s1. The van der Waals surface area contributed by atoms with Crippen molar-refractivity contribution in [3.05, 3.63) is 94.2 Å². The van der Waals surface area contributed by atoms with Gasteiger partial charge in [-0.1, -0.05) is 71.9 Å². The number of carbonyl (C=O) groups is 2. The van der Waals surface area contributed by atoms with Crippen LogP contribution in [0.15, 0.2) is 83.3 Å². The molecule has 32 heavy (non-hydrogen) atoms. The maximum atomic E-state index is 13.9. The van der Waals surface area contributed by atoms with Crippen molar-refractivity contribution in [2.75, 3.05) is 13.7 Å². The number of oxime groups is 1. The molecule has 6 nitrogen and oxygen atoms in total. The number of carbonyl (C=O) groups excluding carboxylic acids is 2. The van der Waals surface area contributed by atoms with E-state index < -0.39 is 12.0 Å². The molecule has 3 aromatic rings. The molecule has 1 aromatic heterocycles. The lowest BCUT2D eigenvalue weighted by Crippen LogP contribution is -2.47. The van der Waals surface area contributed by atoms with Gasteiger partial charge in [-0.05, 0) is 22.6 Å². The minimum atomic E-state index is -0.633. The van der Waals surface area contributed by atoms with E-state index in [0.29, 0.717) is 18.7 Å². The zero-order valence-electron chi connectivity index (χ0n) is 17.8. The maximum absolute atomic E-state index is 13.9. The van der Waals surface area contributed by atoms with Crippen LogP contribution in [0, 0.1) is 0 Å². The van der Waals surface area contributed by atoms with E-state index in [0.717, 1.165) is 16.0 Å². The van der Waals surface area contributed by atoms with Gasteiger partial charge in [-0.3, -0.25) is 9.59 Å². The molecule has 1 atom stereocenters. The molecule has 1 aliphatic heterocycles. The molecule has 0 saturated carbocycles. The molecule has 1 saturated heterocycles. The Morgan fingerprint density at radius 3 is 2.28 bits per heavy atom. The van der Waals surface area contributed by atoms with Gasteiger partial charge in [-0.15, -0.1) is 11.3 Å². The number of hydrogen-bond donors (Lipinski definition) is 1. The third kappa shape index (κ3) is 4.89. The van der Waals surface area contributed by atoms with Gasteiger partial charge in [0.05, 0.1) is 24.7 Å². The van der Waals surface area contributed by atoms with E-state index in [2.05, 4.69) is 10.5 Å². The van der Waals surface area contributed by atoms with Gasteiger partial charge in [0.1, 0.15) is 13.2 Å². The molecule has 164 valence electrons. The second kappa shape index (κ2) is 10.2. The van der Waals surface area contributed by atoms with Gasteiger partial charge >= 0.3 is 0 Å². The van der Waals surface area contributed by atoms with Gasteiger partial charge in [0.15, 0.2) is 0 Å². The van der Waals surface area contributed by atoms with Gasteiger partial charge in [0, 0.05) is 11.3 Å². The first kappa shape index (κ1) is 21.8. The van der Waals surface area contributed by atoms with Crippen molar-refractivity contribution in [3.63, 3.8) is 0 Å². The van der Waals surface area contributed by atoms with E-state index in [-0.39, 0.29) is 18.4 Å². The van der Waals surface area contributed by atoms with Crippen LogP contribution < -0.4 is 5.32 Å². The Hall–Kier alpha value is -3.45. The molecule has 1 N–H and O–H groups in total. The van der Waals surface area contributed by atoms with Crippen molar-refractivity contribution in [1.29, 1.82) is 0 Å². The summed E-state index contributed by atoms with van der Waals surface area (Å²) in [7, 11) is 1.47. The monoisotopic (exact) mass is 447 g/mol. The molecule has 0 radical (unpaired) electrons. The first-order valence-corrected chi connectivity index (χ1v) is 11.3. The number of nitrogens with one attached hydrogen (secondary N) is 1. The van der Waals surface area contributed by atoms with E-state index in [1.165, 1.54) is 7.11 Å². The van der Waals surface area contributed by atoms with Crippen LogP contribution in [0.4, 0.5) is 0 Å². The van der Waals surface area contributed by atoms with E-state index >= 15 is 0 Å². The van der Waals surface area contributed by atoms with Crippen LogP contribution in [0.3, 0.4) is 0 Å². The highest BCUT2D eigenvalue weighted by Gasteiger charge is 2.41. The minimum absolute atomic E-state index is 0.125. The molecule has 1 fully saturated rings. The number of benzene rings is 2. The predicted molar refractivity (Wildman–Crippen MR) is 125 cm³/mol. The fourth-order valence-electron chi connectivity index (χ4n) is 4.01. The van der Waals surface area contributed by atoms with Crippen molar-refractivity contribution in [2.45, 2.75) is 24.9 Å². The van der Waals surface area contributed by atoms with Crippen molar-refractivity contribution in [3.8, 4) is 0 Å². The predicted octanol–water partition coefficient (Wildman–Crippen LogP) is 3.80. The second-order valence-corrected chi connectivity index (χ2v) is 8.61.